The Balaban J connectivity index is 1.43. The summed E-state index contributed by atoms with van der Waals surface area (Å²) in [6.07, 6.45) is 6.20. The number of rotatable bonds is 5. The van der Waals surface area contributed by atoms with Gasteiger partial charge in [-0.2, -0.15) is 0 Å². The number of benzene rings is 1. The average molecular weight is 374 g/mol. The molecule has 0 unspecified atom stereocenters. The molecule has 3 heterocycles. The summed E-state index contributed by atoms with van der Waals surface area (Å²) >= 11 is 1.64. The quantitative estimate of drug-likeness (QED) is 0.567. The number of carbonyl (C=O) groups excluding carboxylic acids is 1. The van der Waals surface area contributed by atoms with E-state index in [1.54, 1.807) is 29.9 Å². The molecule has 1 aromatic carbocycles. The topological polar surface area (TPSA) is 67.8 Å². The van der Waals surface area contributed by atoms with Crippen LogP contribution in [0, 0.1) is 0 Å². The molecule has 27 heavy (non-hydrogen) atoms. The third-order valence-electron chi connectivity index (χ3n) is 4.23. The molecule has 4 aromatic rings. The molecule has 0 bridgehead atoms. The highest BCUT2D eigenvalue weighted by Crippen LogP contribution is 2.23. The molecule has 6 heteroatoms. The van der Waals surface area contributed by atoms with Gasteiger partial charge in [-0.15, -0.1) is 11.3 Å². The Hall–Kier alpha value is -3.12. The maximum absolute atomic E-state index is 12.5. The molecule has 3 aromatic heterocycles. The Kier molecular flexibility index (Phi) is 4.89. The van der Waals surface area contributed by atoms with Gasteiger partial charge in [0.1, 0.15) is 0 Å². The van der Waals surface area contributed by atoms with Gasteiger partial charge in [-0.05, 0) is 48.4 Å². The van der Waals surface area contributed by atoms with Crippen molar-refractivity contribution in [2.24, 2.45) is 0 Å². The Labute approximate surface area is 161 Å². The second-order valence-corrected chi connectivity index (χ2v) is 7.23. The van der Waals surface area contributed by atoms with E-state index in [0.29, 0.717) is 12.1 Å². The lowest BCUT2D eigenvalue weighted by Gasteiger charge is -2.06. The van der Waals surface area contributed by atoms with E-state index in [9.17, 15) is 4.79 Å². The van der Waals surface area contributed by atoms with Crippen LogP contribution in [0.1, 0.15) is 27.9 Å². The Morgan fingerprint density at radius 2 is 2.07 bits per heavy atom. The highest BCUT2D eigenvalue weighted by atomic mass is 32.1. The predicted octanol–water partition coefficient (Wildman–Crippen LogP) is 4.25. The largest absolute Gasteiger partial charge is 0.348 e. The fraction of sp³-hybridized carbons (Fsp3) is 0.143. The number of carbonyl (C=O) groups is 1. The van der Waals surface area contributed by atoms with Gasteiger partial charge >= 0.3 is 0 Å². The van der Waals surface area contributed by atoms with Crippen LogP contribution in [0.4, 0.5) is 0 Å². The summed E-state index contributed by atoms with van der Waals surface area (Å²) in [5.74, 6) is -0.0975. The van der Waals surface area contributed by atoms with E-state index in [1.807, 2.05) is 42.5 Å². The highest BCUT2D eigenvalue weighted by Gasteiger charge is 2.09. The van der Waals surface area contributed by atoms with E-state index >= 15 is 0 Å². The molecule has 1 N–H and O–H groups in total. The van der Waals surface area contributed by atoms with Crippen molar-refractivity contribution < 1.29 is 4.79 Å². The first-order valence-corrected chi connectivity index (χ1v) is 9.57. The van der Waals surface area contributed by atoms with Crippen LogP contribution in [0.3, 0.4) is 0 Å². The van der Waals surface area contributed by atoms with Gasteiger partial charge in [-0.3, -0.25) is 14.8 Å². The number of hydrogen-bond acceptors (Lipinski definition) is 5. The van der Waals surface area contributed by atoms with Crippen LogP contribution in [-0.4, -0.2) is 20.9 Å². The van der Waals surface area contributed by atoms with Crippen molar-refractivity contribution in [2.45, 2.75) is 19.9 Å². The first-order valence-electron chi connectivity index (χ1n) is 8.76. The van der Waals surface area contributed by atoms with Crippen LogP contribution in [-0.2, 0) is 13.0 Å². The van der Waals surface area contributed by atoms with Crippen LogP contribution in [0.25, 0.3) is 21.5 Å². The molecule has 0 saturated carbocycles. The number of nitrogens with one attached hydrogen (secondary N) is 1. The summed E-state index contributed by atoms with van der Waals surface area (Å²) in [7, 11) is 0. The number of thiazole rings is 1. The van der Waals surface area contributed by atoms with E-state index in [-0.39, 0.29) is 5.91 Å². The smallest absolute Gasteiger partial charge is 0.251 e. The molecule has 0 aliphatic heterocycles. The van der Waals surface area contributed by atoms with Gasteiger partial charge in [0, 0.05) is 36.3 Å². The summed E-state index contributed by atoms with van der Waals surface area (Å²) < 4.78 is 1.04. The van der Waals surface area contributed by atoms with Crippen LogP contribution in [0.2, 0.25) is 0 Å². The summed E-state index contributed by atoms with van der Waals surface area (Å²) in [5.41, 5.74) is 4.37. The molecule has 4 rings (SSSR count). The number of nitrogens with zero attached hydrogens (tertiary/aromatic N) is 3. The van der Waals surface area contributed by atoms with Gasteiger partial charge in [-0.1, -0.05) is 13.0 Å². The lowest BCUT2D eigenvalue weighted by molar-refractivity contribution is 0.0951. The fourth-order valence-electron chi connectivity index (χ4n) is 2.76. The number of pyridine rings is 2. The van der Waals surface area contributed by atoms with Gasteiger partial charge < -0.3 is 5.32 Å². The molecule has 134 valence electrons. The number of amides is 1. The molecule has 5 nitrogen and oxygen atoms in total. The van der Waals surface area contributed by atoms with Crippen LogP contribution in [0.5, 0.6) is 0 Å². The zero-order valence-corrected chi connectivity index (χ0v) is 15.7. The van der Waals surface area contributed by atoms with E-state index in [4.69, 9.17) is 0 Å². The Morgan fingerprint density at radius 1 is 1.15 bits per heavy atom. The first kappa shape index (κ1) is 17.3. The van der Waals surface area contributed by atoms with E-state index in [2.05, 4.69) is 27.2 Å². The second kappa shape index (κ2) is 7.63. The Bertz CT molecular complexity index is 1070. The SMILES string of the molecule is CCc1nc2ccc(C(=O)NCc3ccc(-c4cccnc4)nc3)cc2s1. The second-order valence-electron chi connectivity index (χ2n) is 6.12. The van der Waals surface area contributed by atoms with Gasteiger partial charge in [-0.25, -0.2) is 4.98 Å². The zero-order valence-electron chi connectivity index (χ0n) is 14.8. The minimum atomic E-state index is -0.0975. The molecule has 0 spiro atoms. The van der Waals surface area contributed by atoms with Crippen LogP contribution < -0.4 is 5.32 Å². The van der Waals surface area contributed by atoms with Gasteiger partial charge in [0.05, 0.1) is 20.9 Å². The summed E-state index contributed by atoms with van der Waals surface area (Å²) in [5, 5.41) is 4.04. The van der Waals surface area contributed by atoms with Gasteiger partial charge in [0.15, 0.2) is 0 Å². The van der Waals surface area contributed by atoms with Gasteiger partial charge in [0.2, 0.25) is 0 Å². The number of fused-ring (bicyclic) bond motifs is 1. The van der Waals surface area contributed by atoms with Gasteiger partial charge in [0.25, 0.3) is 5.91 Å². The molecule has 0 radical (unpaired) electrons. The lowest BCUT2D eigenvalue weighted by atomic mass is 10.1. The Morgan fingerprint density at radius 3 is 2.81 bits per heavy atom. The van der Waals surface area contributed by atoms with Crippen molar-refractivity contribution in [3.63, 3.8) is 0 Å². The molecule has 1 amide bonds. The number of hydrogen-bond donors (Lipinski definition) is 1. The van der Waals surface area contributed by atoms with E-state index in [1.165, 1.54) is 0 Å². The zero-order chi connectivity index (χ0) is 18.6. The van der Waals surface area contributed by atoms with Crippen molar-refractivity contribution in [3.8, 4) is 11.3 Å². The fourth-order valence-corrected chi connectivity index (χ4v) is 3.71. The van der Waals surface area contributed by atoms with Crippen LogP contribution >= 0.6 is 11.3 Å². The van der Waals surface area contributed by atoms with E-state index in [0.717, 1.165) is 38.5 Å². The maximum atomic E-state index is 12.5. The molecule has 0 atom stereocenters. The normalized spacial score (nSPS) is 10.9. The van der Waals surface area contributed by atoms with Crippen molar-refractivity contribution >= 4 is 27.5 Å². The van der Waals surface area contributed by atoms with Crippen LogP contribution in [0.15, 0.2) is 61.1 Å². The van der Waals surface area contributed by atoms with Crippen molar-refractivity contribution in [3.05, 3.63) is 77.2 Å². The molecular weight excluding hydrogens is 356 g/mol. The standard InChI is InChI=1S/C21H18N4OS/c1-2-20-25-18-8-6-15(10-19(18)27-20)21(26)24-12-14-5-7-17(23-11-14)16-4-3-9-22-13-16/h3-11,13H,2,12H2,1H3,(H,24,26). The van der Waals surface area contributed by atoms with Crippen molar-refractivity contribution in [2.75, 3.05) is 0 Å². The molecular formula is C21H18N4OS. The summed E-state index contributed by atoms with van der Waals surface area (Å²) in [4.78, 5) is 25.6. The lowest BCUT2D eigenvalue weighted by Crippen LogP contribution is -2.22. The minimum Gasteiger partial charge on any atom is -0.348 e. The highest BCUT2D eigenvalue weighted by molar-refractivity contribution is 7.18. The summed E-state index contributed by atoms with van der Waals surface area (Å²) in [6, 6.07) is 13.4. The minimum absolute atomic E-state index is 0.0975. The van der Waals surface area contributed by atoms with E-state index < -0.39 is 0 Å². The predicted molar refractivity (Wildman–Crippen MR) is 108 cm³/mol. The molecule has 0 aliphatic carbocycles. The summed E-state index contributed by atoms with van der Waals surface area (Å²) in [6.45, 7) is 2.51. The first-order chi connectivity index (χ1) is 13.2. The van der Waals surface area contributed by atoms with Crippen molar-refractivity contribution in [1.82, 2.24) is 20.3 Å². The maximum Gasteiger partial charge on any atom is 0.251 e. The molecule has 0 fully saturated rings. The monoisotopic (exact) mass is 374 g/mol. The third-order valence-corrected chi connectivity index (χ3v) is 5.39. The van der Waals surface area contributed by atoms with Crippen molar-refractivity contribution in [1.29, 1.82) is 0 Å². The molecule has 0 saturated heterocycles. The third kappa shape index (κ3) is 3.85. The number of aryl methyl sites for hydroxylation is 1. The molecule has 0 aliphatic rings. The number of aromatic nitrogens is 3. The average Bonchev–Trinajstić information content (AvgIpc) is 3.15.